The molecule has 0 spiro atoms. The molecule has 1 aliphatic heterocycles. The topological polar surface area (TPSA) is 64.6 Å². The van der Waals surface area contributed by atoms with Crippen LogP contribution in [0.1, 0.15) is 92.4 Å². The van der Waals surface area contributed by atoms with Crippen LogP contribution in [0.5, 0.6) is 0 Å². The van der Waals surface area contributed by atoms with E-state index in [0.717, 1.165) is 32.1 Å². The lowest BCUT2D eigenvalue weighted by atomic mass is 9.79. The Balaban J connectivity index is 2.08. The Bertz CT molecular complexity index is 493. The van der Waals surface area contributed by atoms with Crippen molar-refractivity contribution >= 4 is 11.9 Å². The lowest BCUT2D eigenvalue weighted by Crippen LogP contribution is -2.50. The largest absolute Gasteiger partial charge is 0.462 e. The maximum atomic E-state index is 11.9. The minimum absolute atomic E-state index is 0.00955. The highest BCUT2D eigenvalue weighted by molar-refractivity contribution is 5.75. The van der Waals surface area contributed by atoms with Crippen LogP contribution in [0.4, 0.5) is 0 Å². The summed E-state index contributed by atoms with van der Waals surface area (Å²) in [6.07, 6.45) is 8.86. The fourth-order valence-electron chi connectivity index (χ4n) is 4.49. The van der Waals surface area contributed by atoms with Gasteiger partial charge in [0.25, 0.3) is 0 Å². The van der Waals surface area contributed by atoms with Gasteiger partial charge in [-0.25, -0.2) is 0 Å². The van der Waals surface area contributed by atoms with Crippen LogP contribution in [-0.2, 0) is 19.1 Å². The molecular formula is C22H39NO4. The number of esters is 1. The molecule has 1 heterocycles. The molecule has 1 saturated carbocycles. The van der Waals surface area contributed by atoms with Crippen molar-refractivity contribution < 1.29 is 19.1 Å². The van der Waals surface area contributed by atoms with Gasteiger partial charge in [-0.2, -0.15) is 0 Å². The Morgan fingerprint density at radius 3 is 2.37 bits per heavy atom. The zero-order valence-corrected chi connectivity index (χ0v) is 17.9. The van der Waals surface area contributed by atoms with Gasteiger partial charge in [0.05, 0.1) is 12.2 Å². The fraction of sp³-hybridized carbons (Fsp3) is 0.909. The molecule has 0 aromatic rings. The first kappa shape index (κ1) is 22.2. The van der Waals surface area contributed by atoms with Crippen LogP contribution in [0.15, 0.2) is 0 Å². The molecule has 4 atom stereocenters. The summed E-state index contributed by atoms with van der Waals surface area (Å²) in [6, 6.07) is 0.129. The minimum Gasteiger partial charge on any atom is -0.462 e. The van der Waals surface area contributed by atoms with Crippen molar-refractivity contribution in [2.24, 2.45) is 11.3 Å². The molecule has 2 rings (SSSR count). The summed E-state index contributed by atoms with van der Waals surface area (Å²) in [5, 5.41) is 3.17. The third-order valence-electron chi connectivity index (χ3n) is 6.04. The van der Waals surface area contributed by atoms with Gasteiger partial charge in [-0.15, -0.1) is 0 Å². The van der Waals surface area contributed by atoms with E-state index in [9.17, 15) is 9.59 Å². The molecule has 2 fully saturated rings. The number of hydrogen-bond donors (Lipinski definition) is 1. The van der Waals surface area contributed by atoms with Crippen molar-refractivity contribution in [1.82, 2.24) is 5.32 Å². The molecule has 0 bridgehead atoms. The summed E-state index contributed by atoms with van der Waals surface area (Å²) in [6.45, 7) is 9.93. The van der Waals surface area contributed by atoms with Crippen LogP contribution < -0.4 is 5.32 Å². The van der Waals surface area contributed by atoms with Crippen molar-refractivity contribution in [2.45, 2.75) is 117 Å². The third-order valence-corrected chi connectivity index (χ3v) is 6.04. The third kappa shape index (κ3) is 7.10. The number of ether oxygens (including phenoxy) is 2. The molecule has 0 radical (unpaired) electrons. The standard InChI is InChI=1S/C22H39NO4/c1-6-21(25)23-17-12-18(27-20(13-17)22(3,4)5)14-19(26-15(2)24)16-10-8-7-9-11-16/h16-20H,6-14H2,1-5H3,(H,23,25)/t17-,18-,19+,20+/m0/s1. The molecule has 27 heavy (non-hydrogen) atoms. The molecular weight excluding hydrogens is 342 g/mol. The summed E-state index contributed by atoms with van der Waals surface area (Å²) in [4.78, 5) is 23.6. The molecule has 0 aromatic carbocycles. The van der Waals surface area contributed by atoms with Crippen molar-refractivity contribution in [1.29, 1.82) is 0 Å². The molecule has 2 aliphatic rings. The van der Waals surface area contributed by atoms with E-state index in [0.29, 0.717) is 12.3 Å². The van der Waals surface area contributed by atoms with E-state index in [-0.39, 0.29) is 41.6 Å². The van der Waals surface area contributed by atoms with Crippen LogP contribution in [0.25, 0.3) is 0 Å². The van der Waals surface area contributed by atoms with E-state index in [2.05, 4.69) is 26.1 Å². The van der Waals surface area contributed by atoms with Gasteiger partial charge >= 0.3 is 5.97 Å². The second-order valence-electron chi connectivity index (χ2n) is 9.48. The summed E-state index contributed by atoms with van der Waals surface area (Å²) in [5.74, 6) is 0.326. The Morgan fingerprint density at radius 1 is 1.15 bits per heavy atom. The summed E-state index contributed by atoms with van der Waals surface area (Å²) < 4.78 is 12.2. The molecule has 5 nitrogen and oxygen atoms in total. The normalized spacial score (nSPS) is 28.4. The van der Waals surface area contributed by atoms with Gasteiger partial charge in [0.15, 0.2) is 0 Å². The maximum absolute atomic E-state index is 11.9. The minimum atomic E-state index is -0.204. The Morgan fingerprint density at radius 2 is 1.81 bits per heavy atom. The lowest BCUT2D eigenvalue weighted by molar-refractivity contribution is -0.158. The van der Waals surface area contributed by atoms with Crippen molar-refractivity contribution in [3.05, 3.63) is 0 Å². The predicted octanol–water partition coefficient (Wildman–Crippen LogP) is 4.38. The number of amides is 1. The van der Waals surface area contributed by atoms with E-state index < -0.39 is 0 Å². The molecule has 1 N–H and O–H groups in total. The lowest BCUT2D eigenvalue weighted by Gasteiger charge is -2.43. The van der Waals surface area contributed by atoms with Gasteiger partial charge in [0.2, 0.25) is 5.91 Å². The van der Waals surface area contributed by atoms with Crippen LogP contribution in [0.3, 0.4) is 0 Å². The van der Waals surface area contributed by atoms with Crippen LogP contribution in [-0.4, -0.2) is 36.2 Å². The Kier molecular flexibility index (Phi) is 8.14. The highest BCUT2D eigenvalue weighted by Gasteiger charge is 2.39. The molecule has 156 valence electrons. The molecule has 1 amide bonds. The van der Waals surface area contributed by atoms with E-state index in [1.54, 1.807) is 0 Å². The average Bonchev–Trinajstić information content (AvgIpc) is 2.60. The number of rotatable bonds is 6. The first-order chi connectivity index (χ1) is 12.7. The number of hydrogen-bond acceptors (Lipinski definition) is 4. The van der Waals surface area contributed by atoms with Crippen LogP contribution in [0, 0.1) is 11.3 Å². The molecule has 1 aliphatic carbocycles. The van der Waals surface area contributed by atoms with E-state index in [1.807, 2.05) is 6.92 Å². The van der Waals surface area contributed by atoms with Gasteiger partial charge in [-0.05, 0) is 37.0 Å². The van der Waals surface area contributed by atoms with Gasteiger partial charge < -0.3 is 14.8 Å². The predicted molar refractivity (Wildman–Crippen MR) is 106 cm³/mol. The number of carbonyl (C=O) groups is 2. The quantitative estimate of drug-likeness (QED) is 0.694. The monoisotopic (exact) mass is 381 g/mol. The van der Waals surface area contributed by atoms with Crippen molar-refractivity contribution in [3.8, 4) is 0 Å². The fourth-order valence-corrected chi connectivity index (χ4v) is 4.49. The molecule has 0 aromatic heterocycles. The first-order valence-corrected chi connectivity index (χ1v) is 10.8. The van der Waals surface area contributed by atoms with Crippen LogP contribution in [0.2, 0.25) is 0 Å². The zero-order valence-electron chi connectivity index (χ0n) is 17.9. The summed E-state index contributed by atoms with van der Waals surface area (Å²) >= 11 is 0. The number of nitrogens with one attached hydrogen (secondary N) is 1. The van der Waals surface area contributed by atoms with Crippen molar-refractivity contribution in [3.63, 3.8) is 0 Å². The zero-order chi connectivity index (χ0) is 20.0. The van der Waals surface area contributed by atoms with Gasteiger partial charge in [-0.1, -0.05) is 47.0 Å². The highest BCUT2D eigenvalue weighted by Crippen LogP contribution is 2.36. The first-order valence-electron chi connectivity index (χ1n) is 10.8. The van der Waals surface area contributed by atoms with E-state index in [4.69, 9.17) is 9.47 Å². The Labute approximate surface area is 164 Å². The van der Waals surface area contributed by atoms with Crippen LogP contribution >= 0.6 is 0 Å². The average molecular weight is 382 g/mol. The second-order valence-corrected chi connectivity index (χ2v) is 9.48. The van der Waals surface area contributed by atoms with Gasteiger partial charge in [-0.3, -0.25) is 9.59 Å². The molecule has 5 heteroatoms. The van der Waals surface area contributed by atoms with E-state index >= 15 is 0 Å². The van der Waals surface area contributed by atoms with Gasteiger partial charge in [0, 0.05) is 25.8 Å². The summed E-state index contributed by atoms with van der Waals surface area (Å²) in [7, 11) is 0. The molecule has 1 saturated heterocycles. The van der Waals surface area contributed by atoms with Crippen molar-refractivity contribution in [2.75, 3.05) is 0 Å². The molecule has 0 unspecified atom stereocenters. The SMILES string of the molecule is CCC(=O)N[C@H]1C[C@@H](C[C@@H](OC(C)=O)C2CCCCC2)O[C@@H](C(C)(C)C)C1. The second kappa shape index (κ2) is 9.90. The highest BCUT2D eigenvalue weighted by atomic mass is 16.5. The number of carbonyl (C=O) groups excluding carboxylic acids is 2. The van der Waals surface area contributed by atoms with E-state index in [1.165, 1.54) is 26.2 Å². The Hall–Kier alpha value is -1.10. The van der Waals surface area contributed by atoms with Gasteiger partial charge in [0.1, 0.15) is 6.10 Å². The maximum Gasteiger partial charge on any atom is 0.302 e. The summed E-state index contributed by atoms with van der Waals surface area (Å²) in [5.41, 5.74) is 0.00955. The smallest absolute Gasteiger partial charge is 0.302 e.